The van der Waals surface area contributed by atoms with Gasteiger partial charge in [-0.05, 0) is 54.9 Å². The SMILES string of the molecule is O=C(O)C1[C@H]2CN(c3ccc(C(=O)N4CCC(c5cccnc5)C4)c(SC4CCCCC4)n3)C[C@@H]12. The average molecular weight is 493 g/mol. The molecule has 4 atom stereocenters. The van der Waals surface area contributed by atoms with Gasteiger partial charge in [-0.15, -0.1) is 11.8 Å². The third kappa shape index (κ3) is 4.53. The van der Waals surface area contributed by atoms with Gasteiger partial charge in [-0.3, -0.25) is 14.6 Å². The quantitative estimate of drug-likeness (QED) is 0.643. The van der Waals surface area contributed by atoms with E-state index in [0.29, 0.717) is 23.3 Å². The average Bonchev–Trinajstić information content (AvgIpc) is 3.21. The molecule has 35 heavy (non-hydrogen) atoms. The summed E-state index contributed by atoms with van der Waals surface area (Å²) in [6.07, 6.45) is 10.8. The molecule has 184 valence electrons. The Balaban J connectivity index is 1.21. The van der Waals surface area contributed by atoms with E-state index < -0.39 is 5.97 Å². The van der Waals surface area contributed by atoms with Crippen LogP contribution in [0.15, 0.2) is 41.7 Å². The van der Waals surface area contributed by atoms with E-state index in [1.54, 1.807) is 18.0 Å². The van der Waals surface area contributed by atoms with E-state index in [4.69, 9.17) is 4.98 Å². The number of pyridine rings is 2. The monoisotopic (exact) mass is 492 g/mol. The van der Waals surface area contributed by atoms with Crippen molar-refractivity contribution in [3.63, 3.8) is 0 Å². The summed E-state index contributed by atoms with van der Waals surface area (Å²) >= 11 is 1.78. The number of anilines is 1. The number of rotatable bonds is 6. The molecular weight excluding hydrogens is 460 g/mol. The molecule has 1 N–H and O–H groups in total. The van der Waals surface area contributed by atoms with Gasteiger partial charge in [0, 0.05) is 49.7 Å². The van der Waals surface area contributed by atoms with Crippen LogP contribution in [0, 0.1) is 17.8 Å². The number of amides is 1. The summed E-state index contributed by atoms with van der Waals surface area (Å²) in [5.74, 6) is 0.893. The van der Waals surface area contributed by atoms with Gasteiger partial charge < -0.3 is 14.9 Å². The summed E-state index contributed by atoms with van der Waals surface area (Å²) in [6.45, 7) is 2.95. The maximum Gasteiger partial charge on any atom is 0.307 e. The fourth-order valence-corrected chi connectivity index (χ4v) is 7.60. The van der Waals surface area contributed by atoms with E-state index in [1.807, 2.05) is 29.3 Å². The van der Waals surface area contributed by atoms with E-state index in [1.165, 1.54) is 37.7 Å². The molecule has 8 heteroatoms. The zero-order chi connectivity index (χ0) is 23.9. The van der Waals surface area contributed by atoms with Gasteiger partial charge in [-0.25, -0.2) is 4.98 Å². The highest BCUT2D eigenvalue weighted by atomic mass is 32.2. The Labute approximate surface area is 210 Å². The van der Waals surface area contributed by atoms with E-state index in [2.05, 4.69) is 16.0 Å². The standard InChI is InChI=1S/C27H32N4O3S/c32-26(30-12-10-18(14-30)17-5-4-11-28-13-17)20-8-9-23(29-25(20)35-19-6-2-1-3-7-19)31-15-21-22(16-31)24(21)27(33)34/h4-5,8-9,11,13,18-19,21-22,24H,1-3,6-7,10,12,14-16H2,(H,33,34)/t18?,21-,22+,24?. The van der Waals surface area contributed by atoms with Crippen molar-refractivity contribution < 1.29 is 14.7 Å². The van der Waals surface area contributed by atoms with Crippen molar-refractivity contribution in [3.8, 4) is 0 Å². The fourth-order valence-electron chi connectivity index (χ4n) is 6.28. The molecule has 2 unspecified atom stereocenters. The number of carbonyl (C=O) groups excluding carboxylic acids is 1. The Morgan fingerprint density at radius 1 is 1.00 bits per heavy atom. The zero-order valence-electron chi connectivity index (χ0n) is 19.9. The van der Waals surface area contributed by atoms with Gasteiger partial charge in [0.25, 0.3) is 5.91 Å². The number of thioether (sulfide) groups is 1. The number of fused-ring (bicyclic) bond motifs is 1. The van der Waals surface area contributed by atoms with Crippen molar-refractivity contribution in [3.05, 3.63) is 47.8 Å². The van der Waals surface area contributed by atoms with Crippen LogP contribution in [-0.2, 0) is 4.79 Å². The molecule has 2 saturated carbocycles. The van der Waals surface area contributed by atoms with E-state index in [0.717, 1.165) is 36.9 Å². The van der Waals surface area contributed by atoms with Crippen LogP contribution in [0.4, 0.5) is 5.82 Å². The number of hydrogen-bond acceptors (Lipinski definition) is 6. The van der Waals surface area contributed by atoms with Gasteiger partial charge in [0.05, 0.1) is 11.5 Å². The lowest BCUT2D eigenvalue weighted by atomic mass is 10.0. The van der Waals surface area contributed by atoms with Crippen molar-refractivity contribution >= 4 is 29.5 Å². The number of aliphatic carboxylic acids is 1. The highest BCUT2D eigenvalue weighted by Crippen LogP contribution is 2.52. The Hall–Kier alpha value is -2.61. The maximum absolute atomic E-state index is 13.7. The highest BCUT2D eigenvalue weighted by Gasteiger charge is 2.60. The minimum absolute atomic E-state index is 0.0731. The molecule has 0 spiro atoms. The first kappa shape index (κ1) is 22.8. The second kappa shape index (κ2) is 9.45. The number of nitrogens with zero attached hydrogens (tertiary/aromatic N) is 4. The van der Waals surface area contributed by atoms with Gasteiger partial charge >= 0.3 is 5.97 Å². The van der Waals surface area contributed by atoms with Crippen LogP contribution in [-0.4, -0.2) is 63.3 Å². The number of carboxylic acid groups (broad SMARTS) is 1. The molecule has 2 aromatic rings. The summed E-state index contributed by atoms with van der Waals surface area (Å²) in [5, 5.41) is 10.7. The molecule has 0 aromatic carbocycles. The number of likely N-dealkylation sites (tertiary alicyclic amines) is 1. The molecule has 1 amide bonds. The molecule has 2 aliphatic heterocycles. The van der Waals surface area contributed by atoms with Gasteiger partial charge in [-0.2, -0.15) is 0 Å². The van der Waals surface area contributed by atoms with Crippen molar-refractivity contribution in [2.24, 2.45) is 17.8 Å². The van der Waals surface area contributed by atoms with Crippen molar-refractivity contribution in [2.75, 3.05) is 31.1 Å². The largest absolute Gasteiger partial charge is 0.481 e. The first-order valence-corrected chi connectivity index (χ1v) is 13.8. The minimum atomic E-state index is -0.669. The topological polar surface area (TPSA) is 86.6 Å². The summed E-state index contributed by atoms with van der Waals surface area (Å²) in [5.41, 5.74) is 1.91. The molecule has 2 aromatic heterocycles. The minimum Gasteiger partial charge on any atom is -0.481 e. The highest BCUT2D eigenvalue weighted by molar-refractivity contribution is 7.99. The second-order valence-corrected chi connectivity index (χ2v) is 11.8. The Morgan fingerprint density at radius 2 is 1.80 bits per heavy atom. The van der Waals surface area contributed by atoms with Crippen molar-refractivity contribution in [1.82, 2.24) is 14.9 Å². The number of aromatic nitrogens is 2. The number of piperidine rings is 1. The van der Waals surface area contributed by atoms with E-state index in [9.17, 15) is 14.7 Å². The third-order valence-electron chi connectivity index (χ3n) is 8.34. The lowest BCUT2D eigenvalue weighted by molar-refractivity contribution is -0.139. The Morgan fingerprint density at radius 3 is 2.51 bits per heavy atom. The number of hydrogen-bond donors (Lipinski definition) is 1. The molecular formula is C27H32N4O3S. The molecule has 0 radical (unpaired) electrons. The Kier molecular flexibility index (Phi) is 6.16. The Bertz CT molecular complexity index is 1090. The van der Waals surface area contributed by atoms with Crippen LogP contribution in [0.1, 0.15) is 60.4 Å². The van der Waals surface area contributed by atoms with Crippen LogP contribution in [0.3, 0.4) is 0 Å². The molecule has 4 heterocycles. The summed E-state index contributed by atoms with van der Waals surface area (Å²) in [4.78, 5) is 38.5. The zero-order valence-corrected chi connectivity index (χ0v) is 20.7. The van der Waals surface area contributed by atoms with Crippen molar-refractivity contribution in [2.45, 2.75) is 54.7 Å². The maximum atomic E-state index is 13.7. The van der Waals surface area contributed by atoms with Crippen LogP contribution >= 0.6 is 11.8 Å². The van der Waals surface area contributed by atoms with Gasteiger partial charge in [-0.1, -0.05) is 25.3 Å². The fraction of sp³-hybridized carbons (Fsp3) is 0.556. The summed E-state index contributed by atoms with van der Waals surface area (Å²) in [7, 11) is 0. The molecule has 6 rings (SSSR count). The molecule has 4 fully saturated rings. The van der Waals surface area contributed by atoms with E-state index >= 15 is 0 Å². The van der Waals surface area contributed by atoms with Crippen LogP contribution < -0.4 is 4.90 Å². The molecule has 4 aliphatic rings. The predicted molar refractivity (Wildman–Crippen MR) is 135 cm³/mol. The summed E-state index contributed by atoms with van der Waals surface area (Å²) in [6, 6.07) is 7.99. The molecule has 0 bridgehead atoms. The lowest BCUT2D eigenvalue weighted by Gasteiger charge is -2.25. The first-order chi connectivity index (χ1) is 17.1. The van der Waals surface area contributed by atoms with Crippen LogP contribution in [0.5, 0.6) is 0 Å². The molecule has 2 saturated heterocycles. The van der Waals surface area contributed by atoms with Crippen LogP contribution in [0.25, 0.3) is 0 Å². The second-order valence-electron chi connectivity index (χ2n) is 10.5. The van der Waals surface area contributed by atoms with Gasteiger partial charge in [0.15, 0.2) is 0 Å². The van der Waals surface area contributed by atoms with Gasteiger partial charge in [0.2, 0.25) is 0 Å². The normalized spacial score (nSPS) is 28.2. The number of carbonyl (C=O) groups is 2. The molecule has 7 nitrogen and oxygen atoms in total. The predicted octanol–water partition coefficient (Wildman–Crippen LogP) is 4.30. The van der Waals surface area contributed by atoms with Crippen molar-refractivity contribution in [1.29, 1.82) is 0 Å². The smallest absolute Gasteiger partial charge is 0.307 e. The molecule has 2 aliphatic carbocycles. The first-order valence-electron chi connectivity index (χ1n) is 12.9. The van der Waals surface area contributed by atoms with Gasteiger partial charge in [0.1, 0.15) is 10.8 Å². The summed E-state index contributed by atoms with van der Waals surface area (Å²) < 4.78 is 0. The van der Waals surface area contributed by atoms with Crippen LogP contribution in [0.2, 0.25) is 0 Å². The lowest BCUT2D eigenvalue weighted by Crippen LogP contribution is -2.30. The third-order valence-corrected chi connectivity index (χ3v) is 9.68. The van der Waals surface area contributed by atoms with E-state index in [-0.39, 0.29) is 23.7 Å². The number of carboxylic acids is 1.